The molecule has 146 valence electrons. The lowest BCUT2D eigenvalue weighted by molar-refractivity contribution is -0.152. The Labute approximate surface area is 160 Å². The lowest BCUT2D eigenvalue weighted by Gasteiger charge is -2.35. The van der Waals surface area contributed by atoms with E-state index >= 15 is 0 Å². The smallest absolute Gasteiger partial charge is 0.323 e. The maximum Gasteiger partial charge on any atom is 0.323 e. The first-order chi connectivity index (χ1) is 13.0. The lowest BCUT2D eigenvalue weighted by Crippen LogP contribution is -2.55. The number of carboxylic acid groups (broad SMARTS) is 1. The maximum atomic E-state index is 12.3. The van der Waals surface area contributed by atoms with Crippen molar-refractivity contribution in [3.05, 3.63) is 45.7 Å². The molecule has 1 aromatic carbocycles. The van der Waals surface area contributed by atoms with Crippen LogP contribution < -0.4 is 5.56 Å². The van der Waals surface area contributed by atoms with Gasteiger partial charge in [0.1, 0.15) is 12.1 Å². The van der Waals surface area contributed by atoms with Crippen molar-refractivity contribution in [1.29, 1.82) is 0 Å². The third-order valence-electron chi connectivity index (χ3n) is 4.53. The summed E-state index contributed by atoms with van der Waals surface area (Å²) in [6.07, 6.45) is -0.762. The molecule has 2 aromatic rings. The molecule has 0 saturated carbocycles. The van der Waals surface area contributed by atoms with Crippen LogP contribution in [-0.2, 0) is 20.8 Å². The quantitative estimate of drug-likeness (QED) is 0.758. The zero-order valence-corrected chi connectivity index (χ0v) is 15.6. The van der Waals surface area contributed by atoms with E-state index < -0.39 is 18.1 Å². The van der Waals surface area contributed by atoms with Crippen LogP contribution in [-0.4, -0.2) is 66.3 Å². The second-order valence-electron chi connectivity index (χ2n) is 6.21. The van der Waals surface area contributed by atoms with Crippen molar-refractivity contribution in [2.45, 2.75) is 18.7 Å². The second kappa shape index (κ2) is 8.71. The number of hydrogen-bond acceptors (Lipinski definition) is 6. The fourth-order valence-corrected chi connectivity index (χ4v) is 3.25. The van der Waals surface area contributed by atoms with E-state index in [-0.39, 0.29) is 12.1 Å². The minimum Gasteiger partial charge on any atom is -0.480 e. The first kappa shape index (κ1) is 19.6. The summed E-state index contributed by atoms with van der Waals surface area (Å²) in [6.45, 7) is 1.88. The first-order valence-corrected chi connectivity index (χ1v) is 8.92. The van der Waals surface area contributed by atoms with Crippen LogP contribution in [0.4, 0.5) is 0 Å². The molecule has 1 saturated heterocycles. The molecule has 2 atom stereocenters. The summed E-state index contributed by atoms with van der Waals surface area (Å²) in [5.74, 6) is -0.633. The van der Waals surface area contributed by atoms with Crippen LogP contribution in [0.1, 0.15) is 0 Å². The van der Waals surface area contributed by atoms with E-state index in [0.717, 1.165) is 4.74 Å². The van der Waals surface area contributed by atoms with Crippen LogP contribution >= 0.6 is 11.6 Å². The summed E-state index contributed by atoms with van der Waals surface area (Å²) in [5, 5.41) is 10.3. The summed E-state index contributed by atoms with van der Waals surface area (Å²) in [6, 6.07) is 7.34. The first-order valence-electron chi connectivity index (χ1n) is 8.54. The van der Waals surface area contributed by atoms with Gasteiger partial charge in [0.25, 0.3) is 5.56 Å². The number of carbonyl (C=O) groups is 1. The number of hydrogen-bond donors (Lipinski definition) is 1. The molecule has 27 heavy (non-hydrogen) atoms. The molecule has 0 bridgehead atoms. The predicted molar refractivity (Wildman–Crippen MR) is 98.0 cm³/mol. The third kappa shape index (κ3) is 4.59. The average Bonchev–Trinajstić information content (AvgIpc) is 3.02. The highest BCUT2D eigenvalue weighted by atomic mass is 35.5. The summed E-state index contributed by atoms with van der Waals surface area (Å²) >= 11 is 5.88. The van der Waals surface area contributed by atoms with E-state index in [1.165, 1.54) is 13.2 Å². The van der Waals surface area contributed by atoms with Crippen molar-refractivity contribution < 1.29 is 23.9 Å². The van der Waals surface area contributed by atoms with E-state index in [2.05, 4.69) is 0 Å². The highest BCUT2D eigenvalue weighted by Crippen LogP contribution is 2.21. The molecule has 2 unspecified atom stereocenters. The Morgan fingerprint density at radius 2 is 1.96 bits per heavy atom. The minimum atomic E-state index is -1.01. The van der Waals surface area contributed by atoms with Crippen molar-refractivity contribution in [1.82, 2.24) is 9.64 Å². The number of carboxylic acids is 1. The van der Waals surface area contributed by atoms with E-state index in [4.69, 9.17) is 25.6 Å². The van der Waals surface area contributed by atoms with Gasteiger partial charge in [0.2, 0.25) is 0 Å². The zero-order chi connectivity index (χ0) is 19.4. The molecule has 3 rings (SSSR count). The molecule has 1 N–H and O–H groups in total. The highest BCUT2D eigenvalue weighted by Gasteiger charge is 2.35. The van der Waals surface area contributed by atoms with E-state index in [1.807, 2.05) is 0 Å². The van der Waals surface area contributed by atoms with Gasteiger partial charge in [-0.25, -0.2) is 0 Å². The fraction of sp³-hybridized carbons (Fsp3) is 0.444. The number of halogens is 1. The van der Waals surface area contributed by atoms with Crippen LogP contribution in [0, 0.1) is 0 Å². The lowest BCUT2D eigenvalue weighted by atomic mass is 10.1. The van der Waals surface area contributed by atoms with Crippen LogP contribution in [0.3, 0.4) is 0 Å². The van der Waals surface area contributed by atoms with Gasteiger partial charge in [-0.2, -0.15) is 4.74 Å². The Kier molecular flexibility index (Phi) is 6.33. The largest absolute Gasteiger partial charge is 0.480 e. The molecule has 9 heteroatoms. The summed E-state index contributed by atoms with van der Waals surface area (Å²) in [4.78, 5) is 25.9. The fourth-order valence-electron chi connectivity index (χ4n) is 3.12. The van der Waals surface area contributed by atoms with Gasteiger partial charge in [-0.15, -0.1) is 0 Å². The van der Waals surface area contributed by atoms with Gasteiger partial charge in [0.15, 0.2) is 5.76 Å². The monoisotopic (exact) mass is 396 g/mol. The van der Waals surface area contributed by atoms with Gasteiger partial charge in [-0.3, -0.25) is 14.5 Å². The number of benzene rings is 1. The molecule has 0 amide bonds. The highest BCUT2D eigenvalue weighted by molar-refractivity contribution is 6.30. The van der Waals surface area contributed by atoms with Gasteiger partial charge >= 0.3 is 5.97 Å². The van der Waals surface area contributed by atoms with E-state index in [9.17, 15) is 14.7 Å². The molecular weight excluding hydrogens is 376 g/mol. The molecule has 0 aliphatic carbocycles. The van der Waals surface area contributed by atoms with Gasteiger partial charge in [0.05, 0.1) is 25.8 Å². The Bertz CT molecular complexity index is 825. The van der Waals surface area contributed by atoms with Crippen molar-refractivity contribution >= 4 is 17.6 Å². The Morgan fingerprint density at radius 3 is 2.56 bits per heavy atom. The van der Waals surface area contributed by atoms with Crippen molar-refractivity contribution in [2.75, 3.05) is 33.4 Å². The van der Waals surface area contributed by atoms with E-state index in [0.29, 0.717) is 42.6 Å². The molecule has 1 aromatic heterocycles. The Morgan fingerprint density at radius 1 is 1.30 bits per heavy atom. The number of methoxy groups -OCH3 is 1. The van der Waals surface area contributed by atoms with Gasteiger partial charge in [-0.1, -0.05) is 11.6 Å². The normalized spacial score (nSPS) is 17.6. The molecule has 0 spiro atoms. The number of aliphatic carboxylic acids is 1. The Balaban J connectivity index is 1.82. The van der Waals surface area contributed by atoms with Crippen LogP contribution in [0.2, 0.25) is 5.02 Å². The topological polar surface area (TPSA) is 94.1 Å². The van der Waals surface area contributed by atoms with Crippen molar-refractivity contribution in [3.8, 4) is 11.3 Å². The summed E-state index contributed by atoms with van der Waals surface area (Å²) in [7, 11) is 1.43. The molecule has 0 radical (unpaired) electrons. The molecule has 1 fully saturated rings. The van der Waals surface area contributed by atoms with Crippen LogP contribution in [0.15, 0.2) is 39.6 Å². The second-order valence-corrected chi connectivity index (χ2v) is 6.65. The number of nitrogens with zero attached hydrogens (tertiary/aromatic N) is 2. The molecule has 8 nitrogen and oxygen atoms in total. The third-order valence-corrected chi connectivity index (χ3v) is 4.78. The summed E-state index contributed by atoms with van der Waals surface area (Å²) < 4.78 is 17.5. The molecule has 1 aliphatic heterocycles. The van der Waals surface area contributed by atoms with Gasteiger partial charge in [0, 0.05) is 30.8 Å². The van der Waals surface area contributed by atoms with Crippen molar-refractivity contribution in [2.24, 2.45) is 0 Å². The summed E-state index contributed by atoms with van der Waals surface area (Å²) in [5.41, 5.74) is 0.334. The number of ether oxygens (including phenoxy) is 2. The number of rotatable bonds is 7. The van der Waals surface area contributed by atoms with Crippen molar-refractivity contribution in [3.63, 3.8) is 0 Å². The van der Waals surface area contributed by atoms with Crippen LogP contribution in [0.25, 0.3) is 11.3 Å². The number of morpholine rings is 1. The van der Waals surface area contributed by atoms with Crippen LogP contribution in [0.5, 0.6) is 0 Å². The average molecular weight is 397 g/mol. The number of aromatic nitrogens is 1. The Hall–Kier alpha value is -2.13. The van der Waals surface area contributed by atoms with Gasteiger partial charge in [-0.05, 0) is 24.3 Å². The van der Waals surface area contributed by atoms with Gasteiger partial charge < -0.3 is 19.1 Å². The van der Waals surface area contributed by atoms with E-state index in [1.54, 1.807) is 29.2 Å². The predicted octanol–water partition coefficient (Wildman–Crippen LogP) is 1.56. The minimum absolute atomic E-state index is 0.0166. The standard InChI is InChI=1S/C18H21ClN2O6/c1-25-15(17(18(23)24)20-6-8-26-9-7-20)11-21-16(22)10-14(27-21)12-2-4-13(19)5-3-12/h2-5,10,15,17H,6-9,11H2,1H3,(H,23,24). The SMILES string of the molecule is COC(Cn1oc(-c2ccc(Cl)cc2)cc1=O)C(C(=O)O)N1CCOCC1. The zero-order valence-electron chi connectivity index (χ0n) is 14.8. The maximum absolute atomic E-state index is 12.3. The molecular formula is C18H21ClN2O6. The molecule has 1 aliphatic rings. The molecule has 2 heterocycles.